The summed E-state index contributed by atoms with van der Waals surface area (Å²) in [5.74, 6) is -1.83. The molecule has 1 amide bonds. The Hall–Kier alpha value is -3.01. The van der Waals surface area contributed by atoms with Crippen LogP contribution in [0.5, 0.6) is 11.5 Å². The topological polar surface area (TPSA) is 161 Å². The van der Waals surface area contributed by atoms with Gasteiger partial charge in [0.1, 0.15) is 27.2 Å². The molecule has 1 aromatic heterocycles. The fourth-order valence-corrected chi connectivity index (χ4v) is 8.68. The van der Waals surface area contributed by atoms with Crippen molar-refractivity contribution >= 4 is 53.9 Å². The number of nitrogens with zero attached hydrogens (tertiary/aromatic N) is 2. The van der Waals surface area contributed by atoms with Crippen LogP contribution < -0.4 is 19.5 Å². The van der Waals surface area contributed by atoms with E-state index in [1.54, 1.807) is 30.2 Å². The maximum Gasteiger partial charge on any atom is 0.287 e. The molecule has 3 atom stereocenters. The number of amidine groups is 1. The SMILES string of the molecule is COc1ccc(CN2C(=O)C(C3=NS(=O)(=O)c4c(CNS(C)(=O)=O)csc4N3)C(=O)C3CCCCC32)c(OC)c1. The highest BCUT2D eigenvalue weighted by molar-refractivity contribution is 7.91. The predicted molar refractivity (Wildman–Crippen MR) is 149 cm³/mol. The van der Waals surface area contributed by atoms with E-state index >= 15 is 0 Å². The predicted octanol–water partition coefficient (Wildman–Crippen LogP) is 2.11. The van der Waals surface area contributed by atoms with E-state index in [1.165, 1.54) is 12.5 Å². The number of piperidine rings is 1. The van der Waals surface area contributed by atoms with Gasteiger partial charge < -0.3 is 19.7 Å². The van der Waals surface area contributed by atoms with Crippen LogP contribution in [0.1, 0.15) is 36.8 Å². The molecule has 1 saturated heterocycles. The number of hydrogen-bond donors (Lipinski definition) is 2. The van der Waals surface area contributed by atoms with E-state index in [-0.39, 0.29) is 46.2 Å². The molecule has 0 spiro atoms. The van der Waals surface area contributed by atoms with Crippen LogP contribution in [0.4, 0.5) is 5.00 Å². The minimum atomic E-state index is -4.32. The number of carbonyl (C=O) groups excluding carboxylic acids is 2. The third-order valence-electron chi connectivity index (χ3n) is 7.48. The molecule has 2 aromatic rings. The van der Waals surface area contributed by atoms with Crippen LogP contribution in [-0.2, 0) is 42.7 Å². The largest absolute Gasteiger partial charge is 0.497 e. The quantitative estimate of drug-likeness (QED) is 0.427. The van der Waals surface area contributed by atoms with E-state index in [4.69, 9.17) is 9.47 Å². The molecule has 1 aliphatic carbocycles. The lowest BCUT2D eigenvalue weighted by molar-refractivity contribution is -0.152. The fourth-order valence-electron chi connectivity index (χ4n) is 5.62. The van der Waals surface area contributed by atoms with E-state index in [1.807, 2.05) is 0 Å². The number of thiophene rings is 1. The van der Waals surface area contributed by atoms with E-state index in [0.717, 1.165) is 36.0 Å². The minimum Gasteiger partial charge on any atom is -0.497 e. The number of nitrogens with one attached hydrogen (secondary N) is 2. The van der Waals surface area contributed by atoms with Crippen molar-refractivity contribution in [1.82, 2.24) is 9.62 Å². The van der Waals surface area contributed by atoms with Gasteiger partial charge in [0.05, 0.1) is 20.5 Å². The number of Topliss-reactive ketones (excluding diaryl/α,β-unsaturated/α-hetero) is 1. The van der Waals surface area contributed by atoms with Crippen LogP contribution in [0.3, 0.4) is 0 Å². The number of benzene rings is 1. The highest BCUT2D eigenvalue weighted by Gasteiger charge is 2.51. The number of amides is 1. The zero-order chi connectivity index (χ0) is 28.8. The van der Waals surface area contributed by atoms with Crippen molar-refractivity contribution < 1.29 is 35.9 Å². The van der Waals surface area contributed by atoms with Crippen LogP contribution >= 0.6 is 11.3 Å². The van der Waals surface area contributed by atoms with Crippen molar-refractivity contribution in [1.29, 1.82) is 0 Å². The number of anilines is 1. The summed E-state index contributed by atoms with van der Waals surface area (Å²) in [6.45, 7) is -0.0680. The standard InChI is InChI=1S/C25H30N4O8S3/c1-36-16-9-8-14(19(10-16)37-2)12-29-18-7-5-4-6-17(18)21(30)20(25(29)31)23-27-24-22(40(34,35)28-23)15(13-38-24)11-26-39(3,32)33/h8-10,13,17-18,20,26H,4-7,11-12H2,1-3H3,(H,27,28). The number of carbonyl (C=O) groups is 2. The second-order valence-corrected chi connectivity index (χ2v) is 14.3. The van der Waals surface area contributed by atoms with Crippen molar-refractivity contribution in [3.8, 4) is 11.5 Å². The Balaban J connectivity index is 1.50. The summed E-state index contributed by atoms with van der Waals surface area (Å²) in [5.41, 5.74) is 0.950. The van der Waals surface area contributed by atoms with Crippen LogP contribution in [0, 0.1) is 11.8 Å². The van der Waals surface area contributed by atoms with Gasteiger partial charge >= 0.3 is 0 Å². The molecule has 3 heterocycles. The number of fused-ring (bicyclic) bond motifs is 2. The highest BCUT2D eigenvalue weighted by atomic mass is 32.2. The van der Waals surface area contributed by atoms with Crippen molar-refractivity contribution in [2.45, 2.75) is 49.7 Å². The zero-order valence-electron chi connectivity index (χ0n) is 22.2. The van der Waals surface area contributed by atoms with E-state index < -0.39 is 37.8 Å². The number of hydrogen-bond acceptors (Lipinski definition) is 10. The first-order valence-corrected chi connectivity index (χ1v) is 16.9. The van der Waals surface area contributed by atoms with Gasteiger partial charge in [0, 0.05) is 42.2 Å². The van der Waals surface area contributed by atoms with E-state index in [0.29, 0.717) is 24.3 Å². The number of ether oxygens (including phenoxy) is 2. The van der Waals surface area contributed by atoms with Gasteiger partial charge in [-0.1, -0.05) is 12.8 Å². The summed E-state index contributed by atoms with van der Waals surface area (Å²) in [6.07, 6.45) is 3.93. The van der Waals surface area contributed by atoms with Gasteiger partial charge in [-0.2, -0.15) is 8.42 Å². The van der Waals surface area contributed by atoms with Crippen molar-refractivity contribution in [2.75, 3.05) is 25.8 Å². The van der Waals surface area contributed by atoms with Crippen LogP contribution in [0.25, 0.3) is 0 Å². The minimum absolute atomic E-state index is 0.163. The lowest BCUT2D eigenvalue weighted by Crippen LogP contribution is -2.60. The summed E-state index contributed by atoms with van der Waals surface area (Å²) in [4.78, 5) is 29.2. The van der Waals surface area contributed by atoms with Gasteiger partial charge in [-0.3, -0.25) is 9.59 Å². The van der Waals surface area contributed by atoms with Crippen LogP contribution in [0.15, 0.2) is 32.9 Å². The summed E-state index contributed by atoms with van der Waals surface area (Å²) in [6, 6.07) is 4.97. The molecule has 12 nitrogen and oxygen atoms in total. The number of sulfonamides is 2. The molecule has 3 aliphatic rings. The smallest absolute Gasteiger partial charge is 0.287 e. The van der Waals surface area contributed by atoms with Crippen LogP contribution in [-0.4, -0.2) is 65.8 Å². The molecule has 1 aromatic carbocycles. The van der Waals surface area contributed by atoms with Gasteiger partial charge in [0.2, 0.25) is 15.9 Å². The Kier molecular flexibility index (Phi) is 7.67. The second kappa shape index (κ2) is 10.8. The van der Waals surface area contributed by atoms with E-state index in [9.17, 15) is 26.4 Å². The van der Waals surface area contributed by atoms with Crippen molar-refractivity contribution in [3.05, 3.63) is 34.7 Å². The molecule has 0 bridgehead atoms. The first kappa shape index (κ1) is 28.5. The Morgan fingerprint density at radius 3 is 2.60 bits per heavy atom. The molecule has 216 valence electrons. The number of methoxy groups -OCH3 is 2. The number of ketones is 1. The fraction of sp³-hybridized carbons (Fsp3) is 0.480. The molecule has 5 rings (SSSR count). The first-order valence-electron chi connectivity index (χ1n) is 12.7. The van der Waals surface area contributed by atoms with Crippen molar-refractivity contribution in [2.24, 2.45) is 16.2 Å². The normalized spacial score (nSPS) is 24.0. The van der Waals surface area contributed by atoms with Gasteiger partial charge in [-0.15, -0.1) is 15.7 Å². The Bertz CT molecular complexity index is 1600. The molecule has 15 heteroatoms. The summed E-state index contributed by atoms with van der Waals surface area (Å²) >= 11 is 1.04. The Morgan fingerprint density at radius 2 is 1.90 bits per heavy atom. The molecular weight excluding hydrogens is 580 g/mol. The molecule has 2 fully saturated rings. The lowest BCUT2D eigenvalue weighted by atomic mass is 9.73. The molecule has 2 N–H and O–H groups in total. The van der Waals surface area contributed by atoms with E-state index in [2.05, 4.69) is 14.4 Å². The lowest BCUT2D eigenvalue weighted by Gasteiger charge is -2.46. The zero-order valence-corrected chi connectivity index (χ0v) is 24.6. The average molecular weight is 611 g/mol. The maximum atomic E-state index is 14.0. The Morgan fingerprint density at radius 1 is 1.15 bits per heavy atom. The highest BCUT2D eigenvalue weighted by Crippen LogP contribution is 2.42. The van der Waals surface area contributed by atoms with Gasteiger partial charge in [-0.25, -0.2) is 13.1 Å². The number of rotatable bonds is 8. The summed E-state index contributed by atoms with van der Waals surface area (Å²) in [7, 11) is -4.82. The molecular formula is C25H30N4O8S3. The van der Waals surface area contributed by atoms with Crippen molar-refractivity contribution in [3.63, 3.8) is 0 Å². The first-order chi connectivity index (χ1) is 18.9. The molecule has 40 heavy (non-hydrogen) atoms. The molecule has 1 saturated carbocycles. The van der Waals surface area contributed by atoms with Gasteiger partial charge in [-0.05, 0) is 30.4 Å². The third kappa shape index (κ3) is 5.34. The average Bonchev–Trinajstić information content (AvgIpc) is 3.33. The summed E-state index contributed by atoms with van der Waals surface area (Å²) in [5, 5.41) is 4.62. The maximum absolute atomic E-state index is 14.0. The van der Waals surface area contributed by atoms with Gasteiger partial charge in [0.15, 0.2) is 11.7 Å². The third-order valence-corrected chi connectivity index (χ3v) is 10.6. The summed E-state index contributed by atoms with van der Waals surface area (Å²) < 4.78 is 66.6. The monoisotopic (exact) mass is 610 g/mol. The molecule has 3 unspecified atom stereocenters. The Labute approximate surface area is 236 Å². The molecule has 0 radical (unpaired) electrons. The van der Waals surface area contributed by atoms with Gasteiger partial charge in [0.25, 0.3) is 10.0 Å². The number of likely N-dealkylation sites (tertiary alicyclic amines) is 1. The molecule has 2 aliphatic heterocycles. The van der Waals surface area contributed by atoms with Crippen LogP contribution in [0.2, 0.25) is 0 Å². The second-order valence-electron chi connectivity index (χ2n) is 10.0.